The molecule has 0 aliphatic carbocycles. The Morgan fingerprint density at radius 1 is 0.600 bits per heavy atom. The van der Waals surface area contributed by atoms with E-state index in [1.165, 1.54) is 24.3 Å². The van der Waals surface area contributed by atoms with E-state index >= 15 is 0 Å². The van der Waals surface area contributed by atoms with Crippen LogP contribution < -0.4 is 0 Å². The van der Waals surface area contributed by atoms with E-state index < -0.39 is 118 Å². The molecule has 17 heteroatoms. The summed E-state index contributed by atoms with van der Waals surface area (Å²) in [4.78, 5) is 39.2. The van der Waals surface area contributed by atoms with Crippen molar-refractivity contribution in [3.05, 3.63) is 88.5 Å². The van der Waals surface area contributed by atoms with Gasteiger partial charge in [-0.15, -0.1) is 0 Å². The van der Waals surface area contributed by atoms with Crippen molar-refractivity contribution in [1.82, 2.24) is 0 Å². The molecular weight excluding hydrogens is 668 g/mol. The zero-order chi connectivity index (χ0) is 36.6. The van der Waals surface area contributed by atoms with E-state index in [1.807, 2.05) is 0 Å². The Balaban J connectivity index is 1.55. The van der Waals surface area contributed by atoms with Gasteiger partial charge in [0.15, 0.2) is 34.9 Å². The number of benzene rings is 4. The highest BCUT2D eigenvalue weighted by molar-refractivity contribution is 6.13. The van der Waals surface area contributed by atoms with Crippen LogP contribution in [0.2, 0.25) is 0 Å². The Bertz CT molecular complexity index is 1950. The van der Waals surface area contributed by atoms with Gasteiger partial charge < -0.3 is 70.4 Å². The molecule has 1 aliphatic rings. The summed E-state index contributed by atoms with van der Waals surface area (Å²) in [5.41, 5.74) is -2.67. The number of hydrogen-bond acceptors (Lipinski definition) is 17. The second-order valence-electron chi connectivity index (χ2n) is 11.0. The maximum absolute atomic E-state index is 13.4. The number of esters is 2. The van der Waals surface area contributed by atoms with Crippen LogP contribution in [0, 0.1) is 0 Å². The van der Waals surface area contributed by atoms with Crippen molar-refractivity contribution in [1.29, 1.82) is 0 Å². The lowest BCUT2D eigenvalue weighted by molar-refractivity contribution is -0.232. The van der Waals surface area contributed by atoms with Crippen LogP contribution in [0.4, 0.5) is 0 Å². The van der Waals surface area contributed by atoms with E-state index in [2.05, 4.69) is 0 Å². The number of phenols is 9. The third-order valence-electron chi connectivity index (χ3n) is 7.76. The highest BCUT2D eigenvalue weighted by Crippen LogP contribution is 2.48. The summed E-state index contributed by atoms with van der Waals surface area (Å²) in [5.74, 6) is -11.0. The van der Waals surface area contributed by atoms with Crippen molar-refractivity contribution < 1.29 is 84.8 Å². The predicted molar refractivity (Wildman–Crippen MR) is 163 cm³/mol. The SMILES string of the molecule is O=C(OC[C@H]1O[C@@H](c2c(O)cc(O)c(C(=O)c3ccc(O)c(O)c3)c2O)[C@H](OC(=O)c2cc(O)c(O)c(O)c2)[C@@H](O)[C@@H]1O)c1ccc(O)cc1. The van der Waals surface area contributed by atoms with Gasteiger partial charge in [-0.2, -0.15) is 0 Å². The first-order valence-electron chi connectivity index (χ1n) is 14.4. The molecule has 17 nitrogen and oxygen atoms in total. The largest absolute Gasteiger partial charge is 0.508 e. The third-order valence-corrected chi connectivity index (χ3v) is 7.76. The van der Waals surface area contributed by atoms with Crippen molar-refractivity contribution >= 4 is 17.7 Å². The lowest BCUT2D eigenvalue weighted by Crippen LogP contribution is -2.57. The van der Waals surface area contributed by atoms with Crippen molar-refractivity contribution in [3.8, 4) is 51.7 Å². The van der Waals surface area contributed by atoms with Crippen LogP contribution >= 0.6 is 0 Å². The Kier molecular flexibility index (Phi) is 9.48. The monoisotopic (exact) mass is 696 g/mol. The molecule has 0 bridgehead atoms. The molecule has 262 valence electrons. The minimum atomic E-state index is -2.17. The van der Waals surface area contributed by atoms with E-state index in [0.29, 0.717) is 18.2 Å². The van der Waals surface area contributed by atoms with Crippen LogP contribution in [0.5, 0.6) is 51.7 Å². The van der Waals surface area contributed by atoms with Crippen molar-refractivity contribution in [3.63, 3.8) is 0 Å². The van der Waals surface area contributed by atoms with Crippen molar-refractivity contribution in [2.45, 2.75) is 30.5 Å². The van der Waals surface area contributed by atoms with Crippen LogP contribution in [0.3, 0.4) is 0 Å². The molecule has 11 N–H and O–H groups in total. The predicted octanol–water partition coefficient (Wildman–Crippen LogP) is 1.51. The van der Waals surface area contributed by atoms with Gasteiger partial charge in [-0.3, -0.25) is 4.79 Å². The zero-order valence-electron chi connectivity index (χ0n) is 25.2. The third kappa shape index (κ3) is 6.63. The molecular formula is C33H28O17. The number of ether oxygens (including phenoxy) is 3. The summed E-state index contributed by atoms with van der Waals surface area (Å²) in [6, 6.07) is 9.59. The Labute approximate surface area is 279 Å². The fourth-order valence-electron chi connectivity index (χ4n) is 5.16. The standard InChI is InChI=1S/C33H28O17/c34-15-4-1-12(2-5-15)32(46)48-11-22-27(43)29(45)31(50-33(47)14-8-20(39)26(42)21(40)9-14)30(49-22)24-19(38)10-18(37)23(28(24)44)25(41)13-3-6-16(35)17(36)7-13/h1-10,22,27,29-31,34-40,42-45H,11H2/t22-,27-,29+,30+,31-/m1/s1. The number of aliphatic hydroxyl groups excluding tert-OH is 2. The van der Waals surface area contributed by atoms with Gasteiger partial charge in [-0.25, -0.2) is 9.59 Å². The summed E-state index contributed by atoms with van der Waals surface area (Å²) >= 11 is 0. The zero-order valence-corrected chi connectivity index (χ0v) is 25.2. The first-order valence-corrected chi connectivity index (χ1v) is 14.4. The molecule has 4 aromatic rings. The van der Waals surface area contributed by atoms with Crippen LogP contribution in [0.25, 0.3) is 0 Å². The summed E-state index contributed by atoms with van der Waals surface area (Å²) in [6.45, 7) is -0.799. The molecule has 0 spiro atoms. The van der Waals surface area contributed by atoms with Crippen LogP contribution in [0.1, 0.15) is 48.3 Å². The van der Waals surface area contributed by atoms with Crippen molar-refractivity contribution in [2.75, 3.05) is 6.61 Å². The quantitative estimate of drug-likeness (QED) is 0.0706. The topological polar surface area (TPSA) is 301 Å². The van der Waals surface area contributed by atoms with E-state index in [9.17, 15) is 70.6 Å². The first kappa shape index (κ1) is 34.9. The van der Waals surface area contributed by atoms with Gasteiger partial charge in [0.1, 0.15) is 59.6 Å². The summed E-state index contributed by atoms with van der Waals surface area (Å²) in [7, 11) is 0. The lowest BCUT2D eigenvalue weighted by atomic mass is 9.88. The maximum Gasteiger partial charge on any atom is 0.338 e. The number of aromatic hydroxyl groups is 9. The highest BCUT2D eigenvalue weighted by Gasteiger charge is 2.50. The first-order chi connectivity index (χ1) is 23.6. The number of rotatable bonds is 8. The molecule has 5 rings (SSSR count). The number of phenolic OH excluding ortho intramolecular Hbond substituents is 9. The Hall–Kier alpha value is -6.43. The second kappa shape index (κ2) is 13.6. The number of hydrogen-bond donors (Lipinski definition) is 11. The molecule has 1 aliphatic heterocycles. The minimum absolute atomic E-state index is 0.0327. The fourth-order valence-corrected chi connectivity index (χ4v) is 5.16. The molecule has 1 saturated heterocycles. The van der Waals surface area contributed by atoms with E-state index in [4.69, 9.17) is 14.2 Å². The molecule has 5 atom stereocenters. The van der Waals surface area contributed by atoms with Gasteiger partial charge in [0.2, 0.25) is 5.78 Å². The molecule has 1 heterocycles. The van der Waals surface area contributed by atoms with Crippen LogP contribution in [0.15, 0.2) is 60.7 Å². The molecule has 50 heavy (non-hydrogen) atoms. The smallest absolute Gasteiger partial charge is 0.338 e. The lowest BCUT2D eigenvalue weighted by Gasteiger charge is -2.42. The highest BCUT2D eigenvalue weighted by atomic mass is 16.6. The van der Waals surface area contributed by atoms with Crippen molar-refractivity contribution in [2.24, 2.45) is 0 Å². The van der Waals surface area contributed by atoms with Crippen LogP contribution in [-0.2, 0) is 14.2 Å². The average molecular weight is 697 g/mol. The summed E-state index contributed by atoms with van der Waals surface area (Å²) in [6.07, 6.45) is -10.00. The van der Waals surface area contributed by atoms with Gasteiger partial charge in [-0.05, 0) is 54.6 Å². The van der Waals surface area contributed by atoms with E-state index in [1.54, 1.807) is 0 Å². The van der Waals surface area contributed by atoms with E-state index in [-0.39, 0.29) is 16.9 Å². The number of ketones is 1. The van der Waals surface area contributed by atoms with Crippen LogP contribution in [-0.4, -0.2) is 105 Å². The molecule has 0 unspecified atom stereocenters. The maximum atomic E-state index is 13.4. The molecule has 0 amide bonds. The number of carbonyl (C=O) groups excluding carboxylic acids is 3. The van der Waals surface area contributed by atoms with Gasteiger partial charge in [0.05, 0.1) is 16.7 Å². The van der Waals surface area contributed by atoms with E-state index in [0.717, 1.165) is 18.2 Å². The normalized spacial score (nSPS) is 20.2. The minimum Gasteiger partial charge on any atom is -0.508 e. The fraction of sp³-hybridized carbons (Fsp3) is 0.182. The molecule has 0 radical (unpaired) electrons. The Morgan fingerprint density at radius 2 is 1.20 bits per heavy atom. The summed E-state index contributed by atoms with van der Waals surface area (Å²) < 4.78 is 16.4. The number of aliphatic hydroxyl groups is 2. The molecule has 0 saturated carbocycles. The van der Waals surface area contributed by atoms with Gasteiger partial charge in [0.25, 0.3) is 0 Å². The molecule has 0 aromatic heterocycles. The van der Waals surface area contributed by atoms with Gasteiger partial charge >= 0.3 is 11.9 Å². The van der Waals surface area contributed by atoms with Gasteiger partial charge in [0, 0.05) is 11.6 Å². The van der Waals surface area contributed by atoms with Gasteiger partial charge in [-0.1, -0.05) is 0 Å². The number of carbonyl (C=O) groups is 3. The molecule has 4 aromatic carbocycles. The molecule has 1 fully saturated rings. The Morgan fingerprint density at radius 3 is 1.82 bits per heavy atom. The average Bonchev–Trinajstić information content (AvgIpc) is 3.06. The summed E-state index contributed by atoms with van der Waals surface area (Å²) in [5, 5.41) is 113. The second-order valence-corrected chi connectivity index (χ2v) is 11.0.